The minimum absolute atomic E-state index is 0.867. The minimum atomic E-state index is 0.867. The highest BCUT2D eigenvalue weighted by Gasteiger charge is 2.18. The van der Waals surface area contributed by atoms with E-state index < -0.39 is 0 Å². The molecule has 0 radical (unpaired) electrons. The molecule has 0 aromatic rings. The second-order valence-corrected chi connectivity index (χ2v) is 4.46. The van der Waals surface area contributed by atoms with E-state index in [1.54, 1.807) is 0 Å². The molecule has 0 saturated heterocycles. The molecule has 0 fully saturated rings. The van der Waals surface area contributed by atoms with Crippen LogP contribution < -0.4 is 0 Å². The molecule has 0 aromatic heterocycles. The maximum Gasteiger partial charge on any atom is -0.0365 e. The van der Waals surface area contributed by atoms with Crippen molar-refractivity contribution >= 4 is 0 Å². The van der Waals surface area contributed by atoms with Gasteiger partial charge >= 0.3 is 0 Å². The molecule has 0 rings (SSSR count). The van der Waals surface area contributed by atoms with Crippen molar-refractivity contribution in [2.45, 2.75) is 60.3 Å². The maximum atomic E-state index is 2.42. The Morgan fingerprint density at radius 3 is 1.67 bits per heavy atom. The van der Waals surface area contributed by atoms with Crippen molar-refractivity contribution < 1.29 is 0 Å². The summed E-state index contributed by atoms with van der Waals surface area (Å²) in [5, 5.41) is 0. The Bertz CT molecular complexity index is 94.2. The molecule has 0 N–H and O–H groups in total. The Morgan fingerprint density at radius 1 is 0.833 bits per heavy atom. The van der Waals surface area contributed by atoms with Gasteiger partial charge in [0.15, 0.2) is 0 Å². The van der Waals surface area contributed by atoms with Crippen LogP contribution in [0, 0.1) is 17.8 Å². The first kappa shape index (κ1) is 12.0. The highest BCUT2D eigenvalue weighted by molar-refractivity contribution is 4.68. The van der Waals surface area contributed by atoms with E-state index in [2.05, 4.69) is 34.6 Å². The van der Waals surface area contributed by atoms with Gasteiger partial charge in [-0.15, -0.1) is 0 Å². The van der Waals surface area contributed by atoms with Crippen LogP contribution in [-0.2, 0) is 0 Å². The third-order valence-corrected chi connectivity index (χ3v) is 2.95. The van der Waals surface area contributed by atoms with Crippen molar-refractivity contribution in [2.24, 2.45) is 17.8 Å². The van der Waals surface area contributed by atoms with Crippen molar-refractivity contribution in [3.05, 3.63) is 0 Å². The van der Waals surface area contributed by atoms with Crippen molar-refractivity contribution in [1.82, 2.24) is 0 Å². The molecule has 0 nitrogen and oxygen atoms in total. The number of rotatable bonds is 6. The van der Waals surface area contributed by atoms with Gasteiger partial charge in [0.25, 0.3) is 0 Å². The van der Waals surface area contributed by atoms with Crippen molar-refractivity contribution in [1.29, 1.82) is 0 Å². The van der Waals surface area contributed by atoms with E-state index in [1.165, 1.54) is 25.7 Å². The zero-order valence-electron chi connectivity index (χ0n) is 9.56. The standard InChI is InChI=1S/C12H26/c1-6-8-11(5)12(9-7-2)10(3)4/h10-12H,6-9H2,1-5H3. The summed E-state index contributed by atoms with van der Waals surface area (Å²) in [6.07, 6.45) is 5.51. The molecule has 0 aliphatic heterocycles. The second kappa shape index (κ2) is 6.51. The van der Waals surface area contributed by atoms with E-state index in [1.807, 2.05) is 0 Å². The van der Waals surface area contributed by atoms with Gasteiger partial charge in [0.05, 0.1) is 0 Å². The van der Waals surface area contributed by atoms with Crippen LogP contribution in [0.15, 0.2) is 0 Å². The Balaban J connectivity index is 3.90. The summed E-state index contributed by atoms with van der Waals surface area (Å²) in [5.74, 6) is 2.75. The van der Waals surface area contributed by atoms with Gasteiger partial charge in [-0.1, -0.05) is 60.3 Å². The first-order chi connectivity index (χ1) is 5.63. The Hall–Kier alpha value is 0. The summed E-state index contributed by atoms with van der Waals surface area (Å²) in [6.45, 7) is 11.7. The molecule has 2 unspecified atom stereocenters. The van der Waals surface area contributed by atoms with Crippen LogP contribution >= 0.6 is 0 Å². The first-order valence-corrected chi connectivity index (χ1v) is 5.63. The fourth-order valence-electron chi connectivity index (χ4n) is 2.28. The molecule has 0 aliphatic carbocycles. The maximum absolute atomic E-state index is 2.42. The molecule has 2 atom stereocenters. The predicted octanol–water partition coefficient (Wildman–Crippen LogP) is 4.49. The van der Waals surface area contributed by atoms with E-state index in [0.717, 1.165) is 17.8 Å². The summed E-state index contributed by atoms with van der Waals surface area (Å²) >= 11 is 0. The summed E-state index contributed by atoms with van der Waals surface area (Å²) in [4.78, 5) is 0. The van der Waals surface area contributed by atoms with Crippen molar-refractivity contribution in [3.63, 3.8) is 0 Å². The van der Waals surface area contributed by atoms with Crippen LogP contribution in [0.4, 0.5) is 0 Å². The average molecular weight is 170 g/mol. The molecule has 0 aromatic carbocycles. The summed E-state index contributed by atoms with van der Waals surface area (Å²) < 4.78 is 0. The fraction of sp³-hybridized carbons (Fsp3) is 1.00. The molecule has 74 valence electrons. The van der Waals surface area contributed by atoms with Crippen LogP contribution in [0.1, 0.15) is 60.3 Å². The van der Waals surface area contributed by atoms with Crippen LogP contribution in [0.25, 0.3) is 0 Å². The molecule has 0 aliphatic rings. The quantitative estimate of drug-likeness (QED) is 0.551. The largest absolute Gasteiger partial charge is 0.0654 e. The van der Waals surface area contributed by atoms with Crippen LogP contribution in [0.3, 0.4) is 0 Å². The summed E-state index contributed by atoms with van der Waals surface area (Å²) in [6, 6.07) is 0. The van der Waals surface area contributed by atoms with Crippen LogP contribution in [-0.4, -0.2) is 0 Å². The molecule has 0 bridgehead atoms. The molecular weight excluding hydrogens is 144 g/mol. The van der Waals surface area contributed by atoms with Crippen molar-refractivity contribution in [2.75, 3.05) is 0 Å². The lowest BCUT2D eigenvalue weighted by Crippen LogP contribution is -2.17. The Morgan fingerprint density at radius 2 is 1.33 bits per heavy atom. The van der Waals surface area contributed by atoms with Gasteiger partial charge in [-0.25, -0.2) is 0 Å². The van der Waals surface area contributed by atoms with Gasteiger partial charge in [-0.05, 0) is 17.8 Å². The predicted molar refractivity (Wildman–Crippen MR) is 57.3 cm³/mol. The molecular formula is C12H26. The lowest BCUT2D eigenvalue weighted by molar-refractivity contribution is 0.238. The first-order valence-electron chi connectivity index (χ1n) is 5.63. The Labute approximate surface area is 78.8 Å². The van der Waals surface area contributed by atoms with Gasteiger partial charge in [0, 0.05) is 0 Å². The molecule has 0 heterocycles. The van der Waals surface area contributed by atoms with Gasteiger partial charge < -0.3 is 0 Å². The highest BCUT2D eigenvalue weighted by atomic mass is 14.2. The highest BCUT2D eigenvalue weighted by Crippen LogP contribution is 2.28. The number of hydrogen-bond acceptors (Lipinski definition) is 0. The number of hydrogen-bond donors (Lipinski definition) is 0. The van der Waals surface area contributed by atoms with Gasteiger partial charge in [-0.3, -0.25) is 0 Å². The molecule has 12 heavy (non-hydrogen) atoms. The third kappa shape index (κ3) is 4.13. The lowest BCUT2D eigenvalue weighted by atomic mass is 9.79. The lowest BCUT2D eigenvalue weighted by Gasteiger charge is -2.26. The fourth-order valence-corrected chi connectivity index (χ4v) is 2.28. The van der Waals surface area contributed by atoms with E-state index in [9.17, 15) is 0 Å². The molecule has 0 saturated carbocycles. The smallest absolute Gasteiger partial charge is 0.0365 e. The van der Waals surface area contributed by atoms with E-state index in [0.29, 0.717) is 0 Å². The Kier molecular flexibility index (Phi) is 6.51. The normalized spacial score (nSPS) is 16.5. The van der Waals surface area contributed by atoms with Crippen LogP contribution in [0.2, 0.25) is 0 Å². The molecule has 0 amide bonds. The monoisotopic (exact) mass is 170 g/mol. The zero-order chi connectivity index (χ0) is 9.56. The summed E-state index contributed by atoms with van der Waals surface area (Å²) in [5.41, 5.74) is 0. The average Bonchev–Trinajstić information content (AvgIpc) is 1.99. The topological polar surface area (TPSA) is 0 Å². The van der Waals surface area contributed by atoms with Gasteiger partial charge in [0.1, 0.15) is 0 Å². The molecule has 0 spiro atoms. The third-order valence-electron chi connectivity index (χ3n) is 2.95. The van der Waals surface area contributed by atoms with Gasteiger partial charge in [-0.2, -0.15) is 0 Å². The van der Waals surface area contributed by atoms with Gasteiger partial charge in [0.2, 0.25) is 0 Å². The summed E-state index contributed by atoms with van der Waals surface area (Å²) in [7, 11) is 0. The minimum Gasteiger partial charge on any atom is -0.0654 e. The van der Waals surface area contributed by atoms with Crippen LogP contribution in [0.5, 0.6) is 0 Å². The van der Waals surface area contributed by atoms with E-state index in [4.69, 9.17) is 0 Å². The van der Waals surface area contributed by atoms with E-state index in [-0.39, 0.29) is 0 Å². The zero-order valence-corrected chi connectivity index (χ0v) is 9.56. The molecule has 0 heteroatoms. The SMILES string of the molecule is CCCC(C)C(CCC)C(C)C. The second-order valence-electron chi connectivity index (χ2n) is 4.46. The van der Waals surface area contributed by atoms with Crippen molar-refractivity contribution in [3.8, 4) is 0 Å². The van der Waals surface area contributed by atoms with E-state index >= 15 is 0 Å².